The molecular weight excluding hydrogens is 210 g/mol. The van der Waals surface area contributed by atoms with Gasteiger partial charge in [-0.25, -0.2) is 0 Å². The van der Waals surface area contributed by atoms with Crippen molar-refractivity contribution in [3.63, 3.8) is 0 Å². The summed E-state index contributed by atoms with van der Waals surface area (Å²) in [5.74, 6) is 0. The first-order chi connectivity index (χ1) is 7.29. The number of rotatable bonds is 1. The van der Waals surface area contributed by atoms with Crippen molar-refractivity contribution in [2.24, 2.45) is 0 Å². The minimum atomic E-state index is -0.251. The number of hydrogen-bond acceptors (Lipinski definition) is 2. The lowest BCUT2D eigenvalue weighted by Crippen LogP contribution is -2.20. The zero-order chi connectivity index (χ0) is 10.7. The topological polar surface area (TPSA) is 33.0 Å². The number of nitrogens with zero attached hydrogens (tertiary/aromatic N) is 1. The summed E-state index contributed by atoms with van der Waals surface area (Å²) in [6.45, 7) is 0. The van der Waals surface area contributed by atoms with E-state index in [4.69, 9.17) is 21.6 Å². The van der Waals surface area contributed by atoms with Crippen molar-refractivity contribution >= 4 is 11.6 Å². The minimum absolute atomic E-state index is 0.0562. The summed E-state index contributed by atoms with van der Waals surface area (Å²) in [6, 6.07) is 9.81. The second-order valence-electron chi connectivity index (χ2n) is 3.72. The molecule has 0 spiro atoms. The SMILES string of the molecule is N#C[C@H]1CCCC(c2ccc(Cl)cc2)O1. The Labute approximate surface area is 94.4 Å². The maximum atomic E-state index is 8.80. The Morgan fingerprint density at radius 3 is 2.67 bits per heavy atom. The Morgan fingerprint density at radius 2 is 2.00 bits per heavy atom. The quantitative estimate of drug-likeness (QED) is 0.728. The van der Waals surface area contributed by atoms with Gasteiger partial charge in [0.05, 0.1) is 12.2 Å². The van der Waals surface area contributed by atoms with Crippen LogP contribution in [0.5, 0.6) is 0 Å². The summed E-state index contributed by atoms with van der Waals surface area (Å²) in [4.78, 5) is 0. The molecule has 1 aromatic carbocycles. The van der Waals surface area contributed by atoms with Gasteiger partial charge in [-0.2, -0.15) is 5.26 Å². The van der Waals surface area contributed by atoms with Gasteiger partial charge >= 0.3 is 0 Å². The summed E-state index contributed by atoms with van der Waals surface area (Å²) < 4.78 is 5.66. The second kappa shape index (κ2) is 4.65. The van der Waals surface area contributed by atoms with Crippen molar-refractivity contribution in [2.75, 3.05) is 0 Å². The molecule has 2 nitrogen and oxygen atoms in total. The molecule has 1 heterocycles. The highest BCUT2D eigenvalue weighted by atomic mass is 35.5. The summed E-state index contributed by atoms with van der Waals surface area (Å²) in [6.07, 6.45) is 2.69. The molecule has 0 bridgehead atoms. The van der Waals surface area contributed by atoms with Crippen LogP contribution in [0.2, 0.25) is 5.02 Å². The molecule has 1 unspecified atom stereocenters. The van der Waals surface area contributed by atoms with E-state index in [1.54, 1.807) is 0 Å². The van der Waals surface area contributed by atoms with E-state index in [1.165, 1.54) is 0 Å². The van der Waals surface area contributed by atoms with E-state index in [2.05, 4.69) is 6.07 Å². The molecule has 0 radical (unpaired) electrons. The van der Waals surface area contributed by atoms with Crippen molar-refractivity contribution in [3.05, 3.63) is 34.9 Å². The molecule has 2 rings (SSSR count). The Balaban J connectivity index is 2.10. The van der Waals surface area contributed by atoms with E-state index in [1.807, 2.05) is 24.3 Å². The molecule has 3 heteroatoms. The molecule has 15 heavy (non-hydrogen) atoms. The van der Waals surface area contributed by atoms with Crippen LogP contribution < -0.4 is 0 Å². The molecule has 0 saturated carbocycles. The molecule has 1 fully saturated rings. The predicted octanol–water partition coefficient (Wildman–Crippen LogP) is 3.47. The van der Waals surface area contributed by atoms with Crippen LogP contribution in [0, 0.1) is 11.3 Å². The number of ether oxygens (including phenoxy) is 1. The van der Waals surface area contributed by atoms with Gasteiger partial charge in [-0.3, -0.25) is 0 Å². The summed E-state index contributed by atoms with van der Waals surface area (Å²) >= 11 is 5.81. The maximum Gasteiger partial charge on any atom is 0.144 e. The van der Waals surface area contributed by atoms with Gasteiger partial charge in [0.2, 0.25) is 0 Å². The van der Waals surface area contributed by atoms with Gasteiger partial charge in [0, 0.05) is 5.02 Å². The fourth-order valence-electron chi connectivity index (χ4n) is 1.84. The van der Waals surface area contributed by atoms with Gasteiger partial charge in [-0.1, -0.05) is 23.7 Å². The average molecular weight is 222 g/mol. The fourth-order valence-corrected chi connectivity index (χ4v) is 1.97. The molecule has 78 valence electrons. The lowest BCUT2D eigenvalue weighted by molar-refractivity contribution is -0.0228. The molecule has 0 aromatic heterocycles. The van der Waals surface area contributed by atoms with Crippen molar-refractivity contribution in [3.8, 4) is 6.07 Å². The number of hydrogen-bond donors (Lipinski definition) is 0. The van der Waals surface area contributed by atoms with E-state index >= 15 is 0 Å². The normalized spacial score (nSPS) is 25.9. The average Bonchev–Trinajstić information content (AvgIpc) is 2.30. The third kappa shape index (κ3) is 2.50. The van der Waals surface area contributed by atoms with Gasteiger partial charge < -0.3 is 4.74 Å². The molecule has 1 aliphatic heterocycles. The highest BCUT2D eigenvalue weighted by Gasteiger charge is 2.22. The van der Waals surface area contributed by atoms with Crippen molar-refractivity contribution in [1.29, 1.82) is 5.26 Å². The van der Waals surface area contributed by atoms with Crippen molar-refractivity contribution in [1.82, 2.24) is 0 Å². The van der Waals surface area contributed by atoms with Crippen LogP contribution in [0.3, 0.4) is 0 Å². The van der Waals surface area contributed by atoms with E-state index < -0.39 is 0 Å². The lowest BCUT2D eigenvalue weighted by Gasteiger charge is -2.26. The molecule has 1 aliphatic rings. The van der Waals surface area contributed by atoms with Crippen LogP contribution in [-0.4, -0.2) is 6.10 Å². The molecule has 0 N–H and O–H groups in total. The van der Waals surface area contributed by atoms with Crippen molar-refractivity contribution < 1.29 is 4.74 Å². The van der Waals surface area contributed by atoms with Crippen LogP contribution >= 0.6 is 11.6 Å². The number of benzene rings is 1. The van der Waals surface area contributed by atoms with Crippen LogP contribution in [0.25, 0.3) is 0 Å². The summed E-state index contributed by atoms with van der Waals surface area (Å²) in [5.41, 5.74) is 1.11. The molecule has 2 atom stereocenters. The van der Waals surface area contributed by atoms with Crippen LogP contribution in [-0.2, 0) is 4.74 Å². The Bertz CT molecular complexity index is 368. The molecule has 0 aliphatic carbocycles. The van der Waals surface area contributed by atoms with Crippen LogP contribution in [0.15, 0.2) is 24.3 Å². The first-order valence-corrected chi connectivity index (χ1v) is 5.48. The lowest BCUT2D eigenvalue weighted by atomic mass is 9.99. The molecule has 0 amide bonds. The van der Waals surface area contributed by atoms with Gasteiger partial charge in [0.15, 0.2) is 0 Å². The first kappa shape index (κ1) is 10.5. The largest absolute Gasteiger partial charge is 0.355 e. The first-order valence-electron chi connectivity index (χ1n) is 5.10. The second-order valence-corrected chi connectivity index (χ2v) is 4.16. The van der Waals surface area contributed by atoms with Gasteiger partial charge in [-0.05, 0) is 37.0 Å². The van der Waals surface area contributed by atoms with Gasteiger partial charge in [0.1, 0.15) is 6.10 Å². The fraction of sp³-hybridized carbons (Fsp3) is 0.417. The van der Waals surface area contributed by atoms with Gasteiger partial charge in [-0.15, -0.1) is 0 Å². The van der Waals surface area contributed by atoms with Crippen LogP contribution in [0.1, 0.15) is 30.9 Å². The summed E-state index contributed by atoms with van der Waals surface area (Å²) in [5, 5.41) is 9.53. The highest BCUT2D eigenvalue weighted by molar-refractivity contribution is 6.30. The number of halogens is 1. The third-order valence-corrected chi connectivity index (χ3v) is 2.90. The molecular formula is C12H12ClNO. The monoisotopic (exact) mass is 221 g/mol. The number of nitriles is 1. The summed E-state index contributed by atoms with van der Waals surface area (Å²) in [7, 11) is 0. The minimum Gasteiger partial charge on any atom is -0.355 e. The zero-order valence-electron chi connectivity index (χ0n) is 8.32. The zero-order valence-corrected chi connectivity index (χ0v) is 9.07. The predicted molar refractivity (Wildman–Crippen MR) is 58.5 cm³/mol. The Kier molecular flexibility index (Phi) is 3.25. The maximum absolute atomic E-state index is 8.80. The van der Waals surface area contributed by atoms with Gasteiger partial charge in [0.25, 0.3) is 0 Å². The van der Waals surface area contributed by atoms with Crippen LogP contribution in [0.4, 0.5) is 0 Å². The smallest absolute Gasteiger partial charge is 0.144 e. The van der Waals surface area contributed by atoms with E-state index in [0.29, 0.717) is 0 Å². The Morgan fingerprint density at radius 1 is 1.27 bits per heavy atom. The van der Waals surface area contributed by atoms with E-state index in [-0.39, 0.29) is 12.2 Å². The molecule has 1 saturated heterocycles. The standard InChI is InChI=1S/C12H12ClNO/c13-10-6-4-9(5-7-10)12-3-1-2-11(8-14)15-12/h4-7,11-12H,1-3H2/t11-,12?/m1/s1. The van der Waals surface area contributed by atoms with E-state index in [0.717, 1.165) is 29.8 Å². The van der Waals surface area contributed by atoms with E-state index in [9.17, 15) is 0 Å². The third-order valence-electron chi connectivity index (χ3n) is 2.65. The highest BCUT2D eigenvalue weighted by Crippen LogP contribution is 2.31. The Hall–Kier alpha value is -1.04. The van der Waals surface area contributed by atoms with Crippen molar-refractivity contribution in [2.45, 2.75) is 31.5 Å². The molecule has 1 aromatic rings.